The Balaban J connectivity index is 2.82. The molecule has 4 N–H and O–H groups in total. The van der Waals surface area contributed by atoms with E-state index in [1.54, 1.807) is 0 Å². The van der Waals surface area contributed by atoms with Crippen molar-refractivity contribution >= 4 is 19.9 Å². The molecule has 0 radical (unpaired) electrons. The lowest BCUT2D eigenvalue weighted by Gasteiger charge is -2.31. The van der Waals surface area contributed by atoms with Crippen LogP contribution in [0.25, 0.3) is 0 Å². The smallest absolute Gasteiger partial charge is 0.215 e. The SMILES string of the molecule is O=S1(=O)CCC(S(=O)(=O)NC(CO)(CO)CO)CC1. The minimum atomic E-state index is -3.92. The number of aliphatic hydroxyl groups is 3. The van der Waals surface area contributed by atoms with Gasteiger partial charge in [-0.3, -0.25) is 0 Å². The van der Waals surface area contributed by atoms with Gasteiger partial charge in [0.05, 0.1) is 36.6 Å². The van der Waals surface area contributed by atoms with Gasteiger partial charge in [0.2, 0.25) is 10.0 Å². The monoisotopic (exact) mass is 317 g/mol. The van der Waals surface area contributed by atoms with Gasteiger partial charge in [0.15, 0.2) is 0 Å². The Morgan fingerprint density at radius 2 is 1.47 bits per heavy atom. The molecular weight excluding hydrogens is 298 g/mol. The van der Waals surface area contributed by atoms with Gasteiger partial charge >= 0.3 is 0 Å². The molecule has 0 bridgehead atoms. The number of hydrogen-bond acceptors (Lipinski definition) is 7. The van der Waals surface area contributed by atoms with Gasteiger partial charge < -0.3 is 15.3 Å². The van der Waals surface area contributed by atoms with Crippen LogP contribution in [0.2, 0.25) is 0 Å². The molecular formula is C9H19NO7S2. The normalized spacial score (nSPS) is 21.4. The molecule has 19 heavy (non-hydrogen) atoms. The zero-order valence-corrected chi connectivity index (χ0v) is 12.0. The van der Waals surface area contributed by atoms with Crippen LogP contribution < -0.4 is 4.72 Å². The van der Waals surface area contributed by atoms with Gasteiger partial charge in [0.25, 0.3) is 0 Å². The summed E-state index contributed by atoms with van der Waals surface area (Å²) < 4.78 is 48.7. The molecule has 0 spiro atoms. The van der Waals surface area contributed by atoms with E-state index in [-0.39, 0.29) is 24.3 Å². The zero-order valence-electron chi connectivity index (χ0n) is 10.3. The highest BCUT2D eigenvalue weighted by Gasteiger charge is 2.39. The average molecular weight is 317 g/mol. The minimum Gasteiger partial charge on any atom is -0.394 e. The van der Waals surface area contributed by atoms with Crippen LogP contribution in [0.3, 0.4) is 0 Å². The third-order valence-electron chi connectivity index (χ3n) is 3.21. The molecule has 1 rings (SSSR count). The van der Waals surface area contributed by atoms with Crippen LogP contribution >= 0.6 is 0 Å². The van der Waals surface area contributed by atoms with Crippen molar-refractivity contribution in [3.63, 3.8) is 0 Å². The van der Waals surface area contributed by atoms with E-state index in [0.29, 0.717) is 0 Å². The molecule has 0 aromatic carbocycles. The average Bonchev–Trinajstić information content (AvgIpc) is 2.35. The number of nitrogens with one attached hydrogen (secondary N) is 1. The maximum absolute atomic E-state index is 12.0. The lowest BCUT2D eigenvalue weighted by molar-refractivity contribution is 0.0579. The first-order chi connectivity index (χ1) is 8.70. The Morgan fingerprint density at radius 3 is 1.84 bits per heavy atom. The summed E-state index contributed by atoms with van der Waals surface area (Å²) in [5, 5.41) is 26.3. The van der Waals surface area contributed by atoms with Crippen molar-refractivity contribution in [2.75, 3.05) is 31.3 Å². The maximum atomic E-state index is 12.0. The van der Waals surface area contributed by atoms with E-state index in [1.165, 1.54) is 0 Å². The largest absolute Gasteiger partial charge is 0.394 e. The van der Waals surface area contributed by atoms with Gasteiger partial charge in [-0.05, 0) is 12.8 Å². The molecule has 1 fully saturated rings. The third kappa shape index (κ3) is 4.10. The van der Waals surface area contributed by atoms with Gasteiger partial charge in [-0.1, -0.05) is 0 Å². The van der Waals surface area contributed by atoms with Crippen molar-refractivity contribution in [1.29, 1.82) is 0 Å². The molecule has 0 aromatic heterocycles. The summed E-state index contributed by atoms with van der Waals surface area (Å²) in [7, 11) is -7.10. The van der Waals surface area contributed by atoms with Gasteiger partial charge in [-0.15, -0.1) is 0 Å². The van der Waals surface area contributed by atoms with Gasteiger partial charge in [-0.25, -0.2) is 21.6 Å². The standard InChI is InChI=1S/C9H19NO7S2/c11-5-9(6-12,7-13)10-19(16,17)8-1-3-18(14,15)4-2-8/h8,10-13H,1-7H2. The molecule has 1 heterocycles. The quantitative estimate of drug-likeness (QED) is 0.414. The first kappa shape index (κ1) is 16.8. The maximum Gasteiger partial charge on any atom is 0.215 e. The Hall–Kier alpha value is -0.260. The summed E-state index contributed by atoms with van der Waals surface area (Å²) in [4.78, 5) is 0. The summed E-state index contributed by atoms with van der Waals surface area (Å²) in [6, 6.07) is 0. The predicted octanol–water partition coefficient (Wildman–Crippen LogP) is -2.80. The van der Waals surface area contributed by atoms with Crippen LogP contribution in [-0.4, -0.2) is 74.3 Å². The zero-order chi connectivity index (χ0) is 14.7. The van der Waals surface area contributed by atoms with Gasteiger partial charge in [0, 0.05) is 0 Å². The first-order valence-electron chi connectivity index (χ1n) is 5.76. The van der Waals surface area contributed by atoms with Crippen LogP contribution in [-0.2, 0) is 19.9 Å². The Labute approximate surface area is 112 Å². The van der Waals surface area contributed by atoms with E-state index in [2.05, 4.69) is 4.72 Å². The molecule has 8 nitrogen and oxygen atoms in total. The summed E-state index contributed by atoms with van der Waals surface area (Å²) in [6.45, 7) is -2.28. The fourth-order valence-corrected chi connectivity index (χ4v) is 5.42. The molecule has 114 valence electrons. The predicted molar refractivity (Wildman–Crippen MR) is 67.7 cm³/mol. The molecule has 0 atom stereocenters. The highest BCUT2D eigenvalue weighted by Crippen LogP contribution is 2.20. The second kappa shape index (κ2) is 6.02. The van der Waals surface area contributed by atoms with E-state index in [1.807, 2.05) is 0 Å². The summed E-state index contributed by atoms with van der Waals surface area (Å²) in [5.74, 6) is -0.411. The number of sulfone groups is 1. The van der Waals surface area contributed by atoms with E-state index in [9.17, 15) is 16.8 Å². The summed E-state index contributed by atoms with van der Waals surface area (Å²) in [5.41, 5.74) is -1.73. The molecule has 1 aliphatic rings. The van der Waals surface area contributed by atoms with Crippen LogP contribution in [0, 0.1) is 0 Å². The van der Waals surface area contributed by atoms with Crippen LogP contribution in [0.5, 0.6) is 0 Å². The molecule has 1 saturated heterocycles. The molecule has 0 aliphatic carbocycles. The van der Waals surface area contributed by atoms with Crippen molar-refractivity contribution in [1.82, 2.24) is 4.72 Å². The van der Waals surface area contributed by atoms with Gasteiger partial charge in [0.1, 0.15) is 15.4 Å². The van der Waals surface area contributed by atoms with Crippen LogP contribution in [0.15, 0.2) is 0 Å². The Kier molecular flexibility index (Phi) is 5.32. The summed E-state index contributed by atoms with van der Waals surface area (Å²) in [6.07, 6.45) is -0.0634. The molecule has 0 saturated carbocycles. The van der Waals surface area contributed by atoms with E-state index in [4.69, 9.17) is 15.3 Å². The van der Waals surface area contributed by atoms with Crippen LogP contribution in [0.1, 0.15) is 12.8 Å². The van der Waals surface area contributed by atoms with E-state index < -0.39 is 50.5 Å². The fraction of sp³-hybridized carbons (Fsp3) is 1.00. The number of rotatable bonds is 6. The number of sulfonamides is 1. The Bertz CT molecular complexity index is 472. The van der Waals surface area contributed by atoms with E-state index >= 15 is 0 Å². The lowest BCUT2D eigenvalue weighted by atomic mass is 10.1. The van der Waals surface area contributed by atoms with Crippen molar-refractivity contribution in [2.45, 2.75) is 23.6 Å². The minimum absolute atomic E-state index is 0.0317. The highest BCUT2D eigenvalue weighted by molar-refractivity contribution is 7.92. The molecule has 0 aromatic rings. The summed E-state index contributed by atoms with van der Waals surface area (Å²) >= 11 is 0. The fourth-order valence-electron chi connectivity index (χ4n) is 1.81. The molecule has 0 amide bonds. The third-order valence-corrected chi connectivity index (χ3v) is 6.99. The Morgan fingerprint density at radius 1 is 1.05 bits per heavy atom. The lowest BCUT2D eigenvalue weighted by Crippen LogP contribution is -2.59. The van der Waals surface area contributed by atoms with Crippen LogP contribution in [0.4, 0.5) is 0 Å². The van der Waals surface area contributed by atoms with Gasteiger partial charge in [-0.2, -0.15) is 0 Å². The second-order valence-electron chi connectivity index (χ2n) is 4.75. The second-order valence-corrected chi connectivity index (χ2v) is 9.02. The van der Waals surface area contributed by atoms with E-state index in [0.717, 1.165) is 0 Å². The number of hydrogen-bond donors (Lipinski definition) is 4. The molecule has 1 aliphatic heterocycles. The van der Waals surface area contributed by atoms with Crippen molar-refractivity contribution in [3.05, 3.63) is 0 Å². The highest BCUT2D eigenvalue weighted by atomic mass is 32.2. The van der Waals surface area contributed by atoms with Crippen molar-refractivity contribution in [3.8, 4) is 0 Å². The van der Waals surface area contributed by atoms with Crippen molar-refractivity contribution < 1.29 is 32.2 Å². The topological polar surface area (TPSA) is 141 Å². The van der Waals surface area contributed by atoms with Crippen molar-refractivity contribution in [2.24, 2.45) is 0 Å². The molecule has 0 unspecified atom stereocenters. The number of aliphatic hydroxyl groups excluding tert-OH is 3. The first-order valence-corrected chi connectivity index (χ1v) is 9.13. The molecule has 10 heteroatoms.